The molecule has 144 valence electrons. The van der Waals surface area contributed by atoms with E-state index >= 15 is 0 Å². The van der Waals surface area contributed by atoms with E-state index in [0.29, 0.717) is 16.6 Å². The van der Waals surface area contributed by atoms with Gasteiger partial charge >= 0.3 is 0 Å². The van der Waals surface area contributed by atoms with Gasteiger partial charge in [0.25, 0.3) is 0 Å². The van der Waals surface area contributed by atoms with Gasteiger partial charge in [0.15, 0.2) is 0 Å². The lowest BCUT2D eigenvalue weighted by molar-refractivity contribution is 0.838. The highest BCUT2D eigenvalue weighted by Gasteiger charge is 2.41. The zero-order chi connectivity index (χ0) is 20.7. The first-order valence-corrected chi connectivity index (χ1v) is 12.4. The van der Waals surface area contributed by atoms with Crippen molar-refractivity contribution in [3.8, 4) is 23.3 Å². The van der Waals surface area contributed by atoms with Crippen molar-refractivity contribution in [3.63, 3.8) is 0 Å². The van der Waals surface area contributed by atoms with Crippen LogP contribution in [-0.2, 0) is 0 Å². The Kier molecular flexibility index (Phi) is 7.50. The lowest BCUT2D eigenvalue weighted by Gasteiger charge is -2.38. The molecule has 0 bridgehead atoms. The van der Waals surface area contributed by atoms with Crippen LogP contribution in [0.15, 0.2) is 55.1 Å². The monoisotopic (exact) mass is 384 g/mol. The van der Waals surface area contributed by atoms with E-state index in [1.54, 1.807) is 0 Å². The molecular formula is C27H32Si. The first-order chi connectivity index (χ1) is 13.3. The van der Waals surface area contributed by atoms with Crippen LogP contribution in [0.4, 0.5) is 0 Å². The highest BCUT2D eigenvalue weighted by molar-refractivity contribution is 6.90. The van der Waals surface area contributed by atoms with Crippen LogP contribution in [0.1, 0.15) is 63.8 Å². The zero-order valence-corrected chi connectivity index (χ0v) is 19.1. The molecule has 0 aromatic heterocycles. The smallest absolute Gasteiger partial charge is 0.125 e. The average molecular weight is 385 g/mol. The third-order valence-corrected chi connectivity index (χ3v) is 12.0. The van der Waals surface area contributed by atoms with Crippen LogP contribution >= 0.6 is 0 Å². The van der Waals surface area contributed by atoms with E-state index in [1.165, 1.54) is 0 Å². The number of rotatable bonds is 4. The van der Waals surface area contributed by atoms with Crippen LogP contribution in [0.2, 0.25) is 16.6 Å². The largest absolute Gasteiger partial charge is 0.146 e. The average Bonchev–Trinajstić information content (AvgIpc) is 2.67. The molecule has 2 aromatic rings. The molecular weight excluding hydrogens is 352 g/mol. The SMILES string of the molecule is C=Cc1ccc(C#Cc2ccc(C#C[Si](C(C)C)(C(C)C)C(C)C)cc2)cc1. The predicted octanol–water partition coefficient (Wildman–Crippen LogP) is 7.30. The summed E-state index contributed by atoms with van der Waals surface area (Å²) >= 11 is 0. The van der Waals surface area contributed by atoms with Crippen LogP contribution in [0.3, 0.4) is 0 Å². The molecule has 0 saturated carbocycles. The molecule has 0 fully saturated rings. The minimum atomic E-state index is -1.69. The summed E-state index contributed by atoms with van der Waals surface area (Å²) in [6, 6.07) is 16.4. The molecule has 0 aliphatic heterocycles. The van der Waals surface area contributed by atoms with E-state index in [-0.39, 0.29) is 0 Å². The molecule has 0 spiro atoms. The predicted molar refractivity (Wildman–Crippen MR) is 127 cm³/mol. The molecule has 0 aliphatic rings. The standard InChI is InChI=1S/C27H32Si/c1-8-24-9-11-25(12-10-24)13-14-26-15-17-27(18-16-26)19-20-28(21(2)3,22(4)5)23(6)7/h8-12,15-18,21-23H,1H2,2-7H3. The van der Waals surface area contributed by atoms with E-state index in [1.807, 2.05) is 30.3 Å². The van der Waals surface area contributed by atoms with Gasteiger partial charge in [-0.1, -0.05) is 84.1 Å². The summed E-state index contributed by atoms with van der Waals surface area (Å²) in [6.07, 6.45) is 1.84. The Bertz CT molecular complexity index is 883. The number of benzene rings is 2. The van der Waals surface area contributed by atoms with Crippen LogP contribution < -0.4 is 0 Å². The molecule has 1 heteroatoms. The molecule has 28 heavy (non-hydrogen) atoms. The minimum Gasteiger partial charge on any atom is -0.125 e. The van der Waals surface area contributed by atoms with Crippen molar-refractivity contribution in [1.82, 2.24) is 0 Å². The van der Waals surface area contributed by atoms with Gasteiger partial charge in [0.2, 0.25) is 0 Å². The Morgan fingerprint density at radius 3 is 1.36 bits per heavy atom. The molecule has 0 aliphatic carbocycles. The summed E-state index contributed by atoms with van der Waals surface area (Å²) in [5.74, 6) is 9.95. The van der Waals surface area contributed by atoms with Crippen molar-refractivity contribution in [1.29, 1.82) is 0 Å². The van der Waals surface area contributed by atoms with Crippen molar-refractivity contribution in [2.24, 2.45) is 0 Å². The van der Waals surface area contributed by atoms with Crippen LogP contribution in [0.5, 0.6) is 0 Å². The highest BCUT2D eigenvalue weighted by Crippen LogP contribution is 2.40. The van der Waals surface area contributed by atoms with Gasteiger partial charge in [-0.25, -0.2) is 0 Å². The van der Waals surface area contributed by atoms with Crippen molar-refractivity contribution in [2.75, 3.05) is 0 Å². The molecule has 0 heterocycles. The van der Waals surface area contributed by atoms with Gasteiger partial charge < -0.3 is 0 Å². The maximum Gasteiger partial charge on any atom is 0.146 e. The Morgan fingerprint density at radius 1 is 0.643 bits per heavy atom. The summed E-state index contributed by atoms with van der Waals surface area (Å²) in [4.78, 5) is 0. The second-order valence-corrected chi connectivity index (χ2v) is 13.9. The summed E-state index contributed by atoms with van der Waals surface area (Å²) in [6.45, 7) is 17.9. The Hall–Kier alpha value is -2.48. The summed E-state index contributed by atoms with van der Waals surface area (Å²) in [5, 5.41) is 0. The number of hydrogen-bond donors (Lipinski definition) is 0. The van der Waals surface area contributed by atoms with E-state index in [0.717, 1.165) is 22.3 Å². The van der Waals surface area contributed by atoms with Gasteiger partial charge in [0.1, 0.15) is 8.07 Å². The Labute approximate surface area is 173 Å². The molecule has 2 rings (SSSR count). The lowest BCUT2D eigenvalue weighted by Crippen LogP contribution is -2.43. The normalized spacial score (nSPS) is 11.0. The van der Waals surface area contributed by atoms with Gasteiger partial charge in [-0.2, -0.15) is 0 Å². The van der Waals surface area contributed by atoms with Crippen molar-refractivity contribution in [2.45, 2.75) is 58.2 Å². The fourth-order valence-corrected chi connectivity index (χ4v) is 9.32. The Balaban J connectivity index is 2.22. The van der Waals surface area contributed by atoms with Crippen molar-refractivity contribution >= 4 is 14.1 Å². The van der Waals surface area contributed by atoms with Crippen LogP contribution in [-0.4, -0.2) is 8.07 Å². The third kappa shape index (κ3) is 5.07. The van der Waals surface area contributed by atoms with Gasteiger partial charge in [-0.3, -0.25) is 0 Å². The van der Waals surface area contributed by atoms with Gasteiger partial charge in [-0.15, -0.1) is 5.54 Å². The molecule has 0 radical (unpaired) electrons. The lowest BCUT2D eigenvalue weighted by atomic mass is 10.1. The fraction of sp³-hybridized carbons (Fsp3) is 0.333. The van der Waals surface area contributed by atoms with Gasteiger partial charge in [0.05, 0.1) is 0 Å². The Morgan fingerprint density at radius 2 is 1.00 bits per heavy atom. The third-order valence-electron chi connectivity index (χ3n) is 5.67. The number of hydrogen-bond acceptors (Lipinski definition) is 0. The summed E-state index contributed by atoms with van der Waals surface area (Å²) in [7, 11) is -1.69. The maximum atomic E-state index is 3.78. The maximum absolute atomic E-state index is 3.78. The van der Waals surface area contributed by atoms with E-state index in [9.17, 15) is 0 Å². The van der Waals surface area contributed by atoms with Gasteiger partial charge in [0, 0.05) is 16.7 Å². The molecule has 0 unspecified atom stereocenters. The summed E-state index contributed by atoms with van der Waals surface area (Å²) < 4.78 is 0. The fourth-order valence-electron chi connectivity index (χ4n) is 4.10. The van der Waals surface area contributed by atoms with E-state index in [4.69, 9.17) is 0 Å². The quantitative estimate of drug-likeness (QED) is 0.383. The first-order valence-electron chi connectivity index (χ1n) is 10.2. The van der Waals surface area contributed by atoms with E-state index in [2.05, 4.69) is 95.7 Å². The topological polar surface area (TPSA) is 0 Å². The molecule has 0 nitrogen and oxygen atoms in total. The van der Waals surface area contributed by atoms with Gasteiger partial charge in [-0.05, 0) is 58.6 Å². The van der Waals surface area contributed by atoms with Crippen molar-refractivity contribution < 1.29 is 0 Å². The molecule has 0 atom stereocenters. The second-order valence-electron chi connectivity index (χ2n) is 8.30. The van der Waals surface area contributed by atoms with E-state index < -0.39 is 8.07 Å². The molecule has 0 N–H and O–H groups in total. The van der Waals surface area contributed by atoms with Crippen molar-refractivity contribution in [3.05, 3.63) is 77.4 Å². The molecule has 2 aromatic carbocycles. The van der Waals surface area contributed by atoms with Crippen LogP contribution in [0, 0.1) is 23.3 Å². The first kappa shape index (κ1) is 21.8. The second kappa shape index (κ2) is 9.63. The zero-order valence-electron chi connectivity index (χ0n) is 18.1. The summed E-state index contributed by atoms with van der Waals surface area (Å²) in [5.41, 5.74) is 9.95. The highest BCUT2D eigenvalue weighted by atomic mass is 28.3. The molecule has 0 amide bonds. The minimum absolute atomic E-state index is 0.651. The van der Waals surface area contributed by atoms with Crippen LogP contribution in [0.25, 0.3) is 6.08 Å². The molecule has 0 saturated heterocycles.